The second kappa shape index (κ2) is 5.71. The van der Waals surface area contributed by atoms with E-state index in [1.807, 2.05) is 20.8 Å². The normalized spacial score (nSPS) is 19.0. The number of nitrogen functional groups attached to an aromatic ring is 1. The molecular formula is C15H22N4O2. The van der Waals surface area contributed by atoms with Crippen LogP contribution in [0.3, 0.4) is 0 Å². The molecule has 6 nitrogen and oxygen atoms in total. The van der Waals surface area contributed by atoms with Crippen LogP contribution in [0.1, 0.15) is 49.7 Å². The van der Waals surface area contributed by atoms with E-state index in [9.17, 15) is 9.59 Å². The van der Waals surface area contributed by atoms with Crippen molar-refractivity contribution in [1.29, 1.82) is 0 Å². The van der Waals surface area contributed by atoms with Gasteiger partial charge >= 0.3 is 0 Å². The smallest absolute Gasteiger partial charge is 0.252 e. The summed E-state index contributed by atoms with van der Waals surface area (Å²) in [5.74, 6) is -0.120. The molecule has 1 atom stereocenters. The molecule has 1 aromatic heterocycles. The fourth-order valence-corrected chi connectivity index (χ4v) is 2.22. The minimum atomic E-state index is -0.473. The second-order valence-corrected chi connectivity index (χ2v) is 6.38. The number of aromatic nitrogens is 1. The first kappa shape index (κ1) is 15.3. The van der Waals surface area contributed by atoms with Gasteiger partial charge in [0.15, 0.2) is 0 Å². The SMILES string of the molecule is CC(C)(C)c1cc(C(=O)NC2CCCNC2=O)cc(N)n1. The molecule has 6 heteroatoms. The monoisotopic (exact) mass is 290 g/mol. The first-order valence-electron chi connectivity index (χ1n) is 7.14. The number of nitrogens with two attached hydrogens (primary N) is 1. The molecule has 21 heavy (non-hydrogen) atoms. The maximum atomic E-state index is 12.3. The van der Waals surface area contributed by atoms with E-state index in [2.05, 4.69) is 15.6 Å². The van der Waals surface area contributed by atoms with Gasteiger partial charge in [-0.3, -0.25) is 9.59 Å². The lowest BCUT2D eigenvalue weighted by atomic mass is 9.90. The summed E-state index contributed by atoms with van der Waals surface area (Å²) in [6, 6.07) is 2.79. The molecule has 114 valence electrons. The highest BCUT2D eigenvalue weighted by Crippen LogP contribution is 2.22. The highest BCUT2D eigenvalue weighted by molar-refractivity contribution is 5.98. The third-order valence-electron chi connectivity index (χ3n) is 3.47. The van der Waals surface area contributed by atoms with Gasteiger partial charge in [0.25, 0.3) is 5.91 Å². The van der Waals surface area contributed by atoms with Gasteiger partial charge in [0, 0.05) is 23.2 Å². The van der Waals surface area contributed by atoms with Crippen molar-refractivity contribution in [3.63, 3.8) is 0 Å². The Morgan fingerprint density at radius 1 is 1.43 bits per heavy atom. The molecular weight excluding hydrogens is 268 g/mol. The van der Waals surface area contributed by atoms with Gasteiger partial charge in [-0.05, 0) is 25.0 Å². The molecule has 1 aliphatic rings. The molecule has 2 amide bonds. The van der Waals surface area contributed by atoms with Crippen LogP contribution >= 0.6 is 0 Å². The van der Waals surface area contributed by atoms with E-state index in [1.54, 1.807) is 6.07 Å². The third kappa shape index (κ3) is 3.71. The molecule has 0 aromatic carbocycles. The van der Waals surface area contributed by atoms with E-state index in [-0.39, 0.29) is 17.2 Å². The number of piperidine rings is 1. The number of rotatable bonds is 2. The Balaban J connectivity index is 2.19. The molecule has 1 fully saturated rings. The molecule has 1 aliphatic heterocycles. The standard InChI is InChI=1S/C15H22N4O2/c1-15(2,3)11-7-9(8-12(16)19-11)13(20)18-10-5-4-6-17-14(10)21/h7-8,10H,4-6H2,1-3H3,(H2,16,19)(H,17,21)(H,18,20). The first-order valence-corrected chi connectivity index (χ1v) is 7.14. The molecule has 0 radical (unpaired) electrons. The molecule has 1 unspecified atom stereocenters. The summed E-state index contributed by atoms with van der Waals surface area (Å²) in [7, 11) is 0. The van der Waals surface area contributed by atoms with Gasteiger partial charge in [0.1, 0.15) is 11.9 Å². The largest absolute Gasteiger partial charge is 0.384 e. The number of amides is 2. The number of carbonyl (C=O) groups excluding carboxylic acids is 2. The summed E-state index contributed by atoms with van der Waals surface area (Å²) < 4.78 is 0. The van der Waals surface area contributed by atoms with Crippen LogP contribution in [0.2, 0.25) is 0 Å². The summed E-state index contributed by atoms with van der Waals surface area (Å²) in [6.45, 7) is 6.68. The van der Waals surface area contributed by atoms with Gasteiger partial charge in [-0.2, -0.15) is 0 Å². The van der Waals surface area contributed by atoms with Crippen molar-refractivity contribution in [2.45, 2.75) is 45.1 Å². The summed E-state index contributed by atoms with van der Waals surface area (Å²) in [4.78, 5) is 28.3. The molecule has 2 heterocycles. The van der Waals surface area contributed by atoms with Crippen LogP contribution in [0.5, 0.6) is 0 Å². The van der Waals surface area contributed by atoms with Crippen LogP contribution in [0, 0.1) is 0 Å². The lowest BCUT2D eigenvalue weighted by molar-refractivity contribution is -0.124. The molecule has 1 aromatic rings. The summed E-state index contributed by atoms with van der Waals surface area (Å²) in [6.07, 6.45) is 1.52. The van der Waals surface area contributed by atoms with Crippen molar-refractivity contribution >= 4 is 17.6 Å². The van der Waals surface area contributed by atoms with Gasteiger partial charge in [0.2, 0.25) is 5.91 Å². The van der Waals surface area contributed by atoms with E-state index in [0.29, 0.717) is 24.3 Å². The Bertz CT molecular complexity index is 563. The van der Waals surface area contributed by atoms with Crippen LogP contribution in [-0.4, -0.2) is 29.4 Å². The fraction of sp³-hybridized carbons (Fsp3) is 0.533. The third-order valence-corrected chi connectivity index (χ3v) is 3.47. The zero-order valence-corrected chi connectivity index (χ0v) is 12.7. The average Bonchev–Trinajstić information content (AvgIpc) is 2.39. The highest BCUT2D eigenvalue weighted by atomic mass is 16.2. The molecule has 0 bridgehead atoms. The van der Waals surface area contributed by atoms with E-state index in [0.717, 1.165) is 12.1 Å². The Hall–Kier alpha value is -2.11. The van der Waals surface area contributed by atoms with Gasteiger partial charge in [-0.25, -0.2) is 4.98 Å². The zero-order valence-electron chi connectivity index (χ0n) is 12.7. The predicted octanol–water partition coefficient (Wildman–Crippen LogP) is 0.970. The van der Waals surface area contributed by atoms with Crippen LogP contribution in [0.4, 0.5) is 5.82 Å². The molecule has 2 rings (SSSR count). The molecule has 0 spiro atoms. The van der Waals surface area contributed by atoms with Gasteiger partial charge in [-0.15, -0.1) is 0 Å². The Morgan fingerprint density at radius 3 is 2.76 bits per heavy atom. The minimum absolute atomic E-state index is 0.132. The molecule has 1 saturated heterocycles. The van der Waals surface area contributed by atoms with Crippen LogP contribution < -0.4 is 16.4 Å². The minimum Gasteiger partial charge on any atom is -0.384 e. The summed E-state index contributed by atoms with van der Waals surface area (Å²) >= 11 is 0. The zero-order chi connectivity index (χ0) is 15.6. The number of hydrogen-bond donors (Lipinski definition) is 3. The predicted molar refractivity (Wildman–Crippen MR) is 80.8 cm³/mol. The van der Waals surface area contributed by atoms with Crippen LogP contribution in [0.25, 0.3) is 0 Å². The van der Waals surface area contributed by atoms with Crippen molar-refractivity contribution in [2.75, 3.05) is 12.3 Å². The topological polar surface area (TPSA) is 97.1 Å². The Morgan fingerprint density at radius 2 is 2.14 bits per heavy atom. The lowest BCUT2D eigenvalue weighted by Crippen LogP contribution is -2.50. The van der Waals surface area contributed by atoms with Crippen molar-refractivity contribution in [2.24, 2.45) is 0 Å². The number of hydrogen-bond acceptors (Lipinski definition) is 4. The number of anilines is 1. The molecule has 4 N–H and O–H groups in total. The van der Waals surface area contributed by atoms with Crippen molar-refractivity contribution in [1.82, 2.24) is 15.6 Å². The summed E-state index contributed by atoms with van der Waals surface area (Å²) in [5.41, 5.74) is 6.77. The van der Waals surface area contributed by atoms with Gasteiger partial charge < -0.3 is 16.4 Å². The number of carbonyl (C=O) groups is 2. The second-order valence-electron chi connectivity index (χ2n) is 6.38. The van der Waals surface area contributed by atoms with Crippen molar-refractivity contribution in [3.05, 3.63) is 23.4 Å². The Kier molecular flexibility index (Phi) is 4.16. The Labute approximate surface area is 124 Å². The van der Waals surface area contributed by atoms with Crippen molar-refractivity contribution in [3.8, 4) is 0 Å². The van der Waals surface area contributed by atoms with Crippen molar-refractivity contribution < 1.29 is 9.59 Å². The fourth-order valence-electron chi connectivity index (χ4n) is 2.22. The number of nitrogens with zero attached hydrogens (tertiary/aromatic N) is 1. The summed E-state index contributed by atoms with van der Waals surface area (Å²) in [5, 5.41) is 5.50. The average molecular weight is 290 g/mol. The number of nitrogens with one attached hydrogen (secondary N) is 2. The highest BCUT2D eigenvalue weighted by Gasteiger charge is 2.25. The van der Waals surface area contributed by atoms with Gasteiger partial charge in [0.05, 0.1) is 0 Å². The van der Waals surface area contributed by atoms with E-state index in [4.69, 9.17) is 5.73 Å². The van der Waals surface area contributed by atoms with Gasteiger partial charge in [-0.1, -0.05) is 20.8 Å². The van der Waals surface area contributed by atoms with Crippen LogP contribution in [0.15, 0.2) is 12.1 Å². The first-order chi connectivity index (χ1) is 9.77. The maximum absolute atomic E-state index is 12.3. The quantitative estimate of drug-likeness (QED) is 0.756. The lowest BCUT2D eigenvalue weighted by Gasteiger charge is -2.23. The maximum Gasteiger partial charge on any atom is 0.252 e. The van der Waals surface area contributed by atoms with E-state index in [1.165, 1.54) is 6.07 Å². The van der Waals surface area contributed by atoms with E-state index < -0.39 is 6.04 Å². The molecule has 0 aliphatic carbocycles. The molecule has 0 saturated carbocycles. The van der Waals surface area contributed by atoms with Crippen LogP contribution in [-0.2, 0) is 10.2 Å². The van der Waals surface area contributed by atoms with E-state index >= 15 is 0 Å². The number of pyridine rings is 1.